The molecule has 1 fully saturated rings. The number of likely N-dealkylation sites (N-methyl/N-ethyl adjacent to an activating group) is 1. The van der Waals surface area contributed by atoms with E-state index >= 15 is 0 Å². The molecule has 1 saturated heterocycles. The summed E-state index contributed by atoms with van der Waals surface area (Å²) < 4.78 is 5.37. The van der Waals surface area contributed by atoms with E-state index in [0.29, 0.717) is 5.92 Å². The van der Waals surface area contributed by atoms with Crippen LogP contribution in [0.15, 0.2) is 0 Å². The predicted octanol–water partition coefficient (Wildman–Crippen LogP) is -0.0749. The van der Waals surface area contributed by atoms with Gasteiger partial charge in [-0.25, -0.2) is 0 Å². The molecule has 1 heterocycles. The van der Waals surface area contributed by atoms with Crippen LogP contribution in [0.5, 0.6) is 0 Å². The fraction of sp³-hybridized carbons (Fsp3) is 1.00. The molecule has 1 rings (SSSR count). The number of rotatable bonds is 6. The van der Waals surface area contributed by atoms with Crippen LogP contribution in [0.3, 0.4) is 0 Å². The van der Waals surface area contributed by atoms with E-state index in [0.717, 1.165) is 32.7 Å². The number of aliphatic hydroxyl groups excluding tert-OH is 1. The average Bonchev–Trinajstić information content (AvgIpc) is 2.70. The average molecular weight is 216 g/mol. The molecule has 2 N–H and O–H groups in total. The molecule has 90 valence electrons. The van der Waals surface area contributed by atoms with Gasteiger partial charge in [-0.2, -0.15) is 0 Å². The van der Waals surface area contributed by atoms with Gasteiger partial charge in [-0.3, -0.25) is 0 Å². The monoisotopic (exact) mass is 216 g/mol. The Hall–Kier alpha value is -0.160. The van der Waals surface area contributed by atoms with Gasteiger partial charge in [0.25, 0.3) is 0 Å². The van der Waals surface area contributed by atoms with Crippen molar-refractivity contribution in [2.45, 2.75) is 18.9 Å². The van der Waals surface area contributed by atoms with E-state index in [1.807, 2.05) is 0 Å². The molecule has 1 aliphatic rings. The van der Waals surface area contributed by atoms with E-state index in [1.54, 1.807) is 0 Å². The van der Waals surface area contributed by atoms with E-state index in [-0.39, 0.29) is 12.1 Å². The van der Waals surface area contributed by atoms with Crippen LogP contribution in [0.25, 0.3) is 0 Å². The van der Waals surface area contributed by atoms with Crippen LogP contribution in [0, 0.1) is 5.92 Å². The van der Waals surface area contributed by atoms with Crippen molar-refractivity contribution in [1.29, 1.82) is 0 Å². The Morgan fingerprint density at radius 2 is 2.27 bits per heavy atom. The second-order valence-corrected chi connectivity index (χ2v) is 4.87. The third kappa shape index (κ3) is 3.72. The molecular weight excluding hydrogens is 192 g/mol. The maximum absolute atomic E-state index is 9.48. The van der Waals surface area contributed by atoms with E-state index < -0.39 is 0 Å². The van der Waals surface area contributed by atoms with Gasteiger partial charge < -0.3 is 20.1 Å². The Labute approximate surface area is 92.6 Å². The van der Waals surface area contributed by atoms with Gasteiger partial charge in [0.15, 0.2) is 0 Å². The summed E-state index contributed by atoms with van der Waals surface area (Å²) in [5.74, 6) is 0.435. The van der Waals surface area contributed by atoms with Crippen LogP contribution in [-0.2, 0) is 4.74 Å². The van der Waals surface area contributed by atoms with Gasteiger partial charge in [0.2, 0.25) is 0 Å². The molecule has 0 saturated carbocycles. The molecule has 0 amide bonds. The maximum atomic E-state index is 9.48. The Morgan fingerprint density at radius 1 is 1.53 bits per heavy atom. The number of hydrogen-bond donors (Lipinski definition) is 2. The molecule has 0 aliphatic carbocycles. The minimum Gasteiger partial charge on any atom is -0.394 e. The Balaban J connectivity index is 2.37. The first-order valence-corrected chi connectivity index (χ1v) is 5.67. The highest BCUT2D eigenvalue weighted by Crippen LogP contribution is 2.25. The van der Waals surface area contributed by atoms with E-state index in [2.05, 4.69) is 31.2 Å². The highest BCUT2D eigenvalue weighted by Gasteiger charge is 2.35. The summed E-state index contributed by atoms with van der Waals surface area (Å²) in [5, 5.41) is 12.9. The fourth-order valence-corrected chi connectivity index (χ4v) is 1.93. The van der Waals surface area contributed by atoms with Crippen LogP contribution in [0.1, 0.15) is 13.3 Å². The number of nitrogens with one attached hydrogen (secondary N) is 1. The summed E-state index contributed by atoms with van der Waals surface area (Å²) in [5.41, 5.74) is -0.188. The summed E-state index contributed by atoms with van der Waals surface area (Å²) in [7, 11) is 4.10. The largest absolute Gasteiger partial charge is 0.394 e. The van der Waals surface area contributed by atoms with Crippen molar-refractivity contribution >= 4 is 0 Å². The molecule has 15 heavy (non-hydrogen) atoms. The predicted molar refractivity (Wildman–Crippen MR) is 61.0 cm³/mol. The molecule has 0 aromatic carbocycles. The van der Waals surface area contributed by atoms with Gasteiger partial charge >= 0.3 is 0 Å². The van der Waals surface area contributed by atoms with Crippen molar-refractivity contribution in [3.63, 3.8) is 0 Å². The van der Waals surface area contributed by atoms with Crippen LogP contribution in [0.4, 0.5) is 0 Å². The van der Waals surface area contributed by atoms with Gasteiger partial charge in [0.1, 0.15) is 0 Å². The molecule has 0 aromatic rings. The second-order valence-electron chi connectivity index (χ2n) is 4.87. The zero-order valence-electron chi connectivity index (χ0n) is 10.1. The first-order chi connectivity index (χ1) is 7.08. The normalized spacial score (nSPS) is 25.8. The highest BCUT2D eigenvalue weighted by atomic mass is 16.5. The van der Waals surface area contributed by atoms with Crippen LogP contribution in [-0.4, -0.2) is 62.6 Å². The number of aliphatic hydroxyl groups is 1. The third-order valence-corrected chi connectivity index (χ3v) is 3.25. The number of nitrogens with zero attached hydrogens (tertiary/aromatic N) is 1. The quantitative estimate of drug-likeness (QED) is 0.652. The van der Waals surface area contributed by atoms with Gasteiger partial charge in [-0.15, -0.1) is 0 Å². The van der Waals surface area contributed by atoms with Crippen molar-refractivity contribution in [2.24, 2.45) is 5.92 Å². The molecule has 0 aromatic heterocycles. The summed E-state index contributed by atoms with van der Waals surface area (Å²) >= 11 is 0. The van der Waals surface area contributed by atoms with Gasteiger partial charge in [-0.05, 0) is 27.4 Å². The first kappa shape index (κ1) is 12.9. The summed E-state index contributed by atoms with van der Waals surface area (Å²) in [6.45, 7) is 5.75. The van der Waals surface area contributed by atoms with Gasteiger partial charge in [-0.1, -0.05) is 0 Å². The van der Waals surface area contributed by atoms with Crippen molar-refractivity contribution < 1.29 is 9.84 Å². The molecule has 0 spiro atoms. The molecule has 0 bridgehead atoms. The molecule has 4 nitrogen and oxygen atoms in total. The minimum atomic E-state index is -0.188. The van der Waals surface area contributed by atoms with E-state index in [4.69, 9.17) is 4.74 Å². The molecule has 2 unspecified atom stereocenters. The lowest BCUT2D eigenvalue weighted by atomic mass is 9.85. The second kappa shape index (κ2) is 5.80. The Kier molecular flexibility index (Phi) is 4.99. The Morgan fingerprint density at radius 3 is 2.73 bits per heavy atom. The lowest BCUT2D eigenvalue weighted by Crippen LogP contribution is -2.53. The van der Waals surface area contributed by atoms with Gasteiger partial charge in [0, 0.05) is 31.2 Å². The topological polar surface area (TPSA) is 44.7 Å². The third-order valence-electron chi connectivity index (χ3n) is 3.25. The number of ether oxygens (including phenoxy) is 1. The van der Waals surface area contributed by atoms with Crippen molar-refractivity contribution in [1.82, 2.24) is 10.2 Å². The zero-order valence-corrected chi connectivity index (χ0v) is 10.1. The molecule has 1 aliphatic heterocycles. The highest BCUT2D eigenvalue weighted by molar-refractivity contribution is 4.91. The van der Waals surface area contributed by atoms with Crippen LogP contribution >= 0.6 is 0 Å². The van der Waals surface area contributed by atoms with Crippen molar-refractivity contribution in [3.05, 3.63) is 0 Å². The summed E-state index contributed by atoms with van der Waals surface area (Å²) in [4.78, 5) is 2.13. The first-order valence-electron chi connectivity index (χ1n) is 5.67. The van der Waals surface area contributed by atoms with E-state index in [9.17, 15) is 5.11 Å². The van der Waals surface area contributed by atoms with E-state index in [1.165, 1.54) is 0 Å². The van der Waals surface area contributed by atoms with Crippen molar-refractivity contribution in [3.8, 4) is 0 Å². The van der Waals surface area contributed by atoms with Crippen LogP contribution in [0.2, 0.25) is 0 Å². The minimum absolute atomic E-state index is 0.175. The molecule has 0 radical (unpaired) electrons. The maximum Gasteiger partial charge on any atom is 0.0614 e. The van der Waals surface area contributed by atoms with Gasteiger partial charge in [0.05, 0.1) is 13.2 Å². The molecular formula is C11H24N2O2. The standard InChI is InChI=1S/C11H24N2O2/c1-11(9-14,10-4-7-15-8-10)12-5-6-13(2)3/h10,12,14H,4-9H2,1-3H3. The SMILES string of the molecule is CN(C)CCNC(C)(CO)C1CCOC1. The lowest BCUT2D eigenvalue weighted by Gasteiger charge is -2.34. The lowest BCUT2D eigenvalue weighted by molar-refractivity contribution is 0.0987. The molecule has 4 heteroatoms. The van der Waals surface area contributed by atoms with Crippen molar-refractivity contribution in [2.75, 3.05) is 47.0 Å². The summed E-state index contributed by atoms with van der Waals surface area (Å²) in [6, 6.07) is 0. The smallest absolute Gasteiger partial charge is 0.0614 e. The zero-order chi connectivity index (χ0) is 11.3. The number of hydrogen-bond acceptors (Lipinski definition) is 4. The molecule has 2 atom stereocenters. The fourth-order valence-electron chi connectivity index (χ4n) is 1.93. The van der Waals surface area contributed by atoms with Crippen LogP contribution < -0.4 is 5.32 Å². The summed E-state index contributed by atoms with van der Waals surface area (Å²) in [6.07, 6.45) is 1.05. The Bertz CT molecular complexity index is 181.